The zero-order valence-electron chi connectivity index (χ0n) is 18.5. The first-order valence-corrected chi connectivity index (χ1v) is 12.3. The van der Waals surface area contributed by atoms with Crippen molar-refractivity contribution in [2.24, 2.45) is 17.8 Å². The van der Waals surface area contributed by atoms with E-state index < -0.39 is 0 Å². The molecule has 4 fully saturated rings. The number of benzene rings is 3. The molecule has 0 unspecified atom stereocenters. The first-order chi connectivity index (χ1) is 15.7. The number of rotatable bonds is 4. The Morgan fingerprint density at radius 3 is 1.91 bits per heavy atom. The molecule has 2 heteroatoms. The molecule has 0 spiro atoms. The molecule has 0 radical (unpaired) electrons. The van der Waals surface area contributed by atoms with Gasteiger partial charge in [0.2, 0.25) is 0 Å². The van der Waals surface area contributed by atoms with Gasteiger partial charge in [-0.15, -0.1) is 0 Å². The first-order valence-electron chi connectivity index (χ1n) is 12.3. The summed E-state index contributed by atoms with van der Waals surface area (Å²) in [6.07, 6.45) is 11.0. The lowest BCUT2D eigenvalue weighted by molar-refractivity contribution is -0.00518. The summed E-state index contributed by atoms with van der Waals surface area (Å²) in [7, 11) is 0. The van der Waals surface area contributed by atoms with Crippen LogP contribution in [0.1, 0.15) is 44.1 Å². The van der Waals surface area contributed by atoms with E-state index in [0.717, 1.165) is 23.4 Å². The molecule has 32 heavy (non-hydrogen) atoms. The van der Waals surface area contributed by atoms with E-state index in [1.165, 1.54) is 60.8 Å². The molecule has 0 amide bonds. The predicted molar refractivity (Wildman–Crippen MR) is 133 cm³/mol. The molecule has 0 saturated heterocycles. The average Bonchev–Trinajstić information content (AvgIpc) is 3.23. The van der Waals surface area contributed by atoms with Gasteiger partial charge in [-0.25, -0.2) is 0 Å². The van der Waals surface area contributed by atoms with E-state index in [-0.39, 0.29) is 0 Å². The maximum absolute atomic E-state index is 3.61. The van der Waals surface area contributed by atoms with Crippen LogP contribution in [0.2, 0.25) is 0 Å². The van der Waals surface area contributed by atoms with E-state index >= 15 is 0 Å². The molecule has 2 nitrogen and oxygen atoms in total. The van der Waals surface area contributed by atoms with Crippen molar-refractivity contribution in [1.82, 2.24) is 4.57 Å². The molecular weight excluding hydrogens is 388 g/mol. The van der Waals surface area contributed by atoms with Crippen molar-refractivity contribution in [3.05, 3.63) is 90.6 Å². The van der Waals surface area contributed by atoms with Crippen molar-refractivity contribution >= 4 is 22.3 Å². The van der Waals surface area contributed by atoms with Crippen LogP contribution in [-0.2, 0) is 5.41 Å². The third kappa shape index (κ3) is 3.00. The van der Waals surface area contributed by atoms with Crippen molar-refractivity contribution < 1.29 is 0 Å². The van der Waals surface area contributed by atoms with E-state index in [0.29, 0.717) is 5.41 Å². The first kappa shape index (κ1) is 18.6. The number of anilines is 2. The Morgan fingerprint density at radius 1 is 0.656 bits per heavy atom. The van der Waals surface area contributed by atoms with Gasteiger partial charge in [-0.05, 0) is 121 Å². The van der Waals surface area contributed by atoms with Crippen LogP contribution < -0.4 is 5.32 Å². The fraction of sp³-hybridized carbons (Fsp3) is 0.333. The number of hydrogen-bond donors (Lipinski definition) is 1. The molecule has 4 bridgehead atoms. The maximum atomic E-state index is 3.61. The third-order valence-electron chi connectivity index (χ3n) is 8.57. The molecule has 3 aromatic carbocycles. The molecular formula is C30H30N2. The molecule has 4 aromatic rings. The Morgan fingerprint density at radius 2 is 1.25 bits per heavy atom. The summed E-state index contributed by atoms with van der Waals surface area (Å²) in [6.45, 7) is 0. The fourth-order valence-corrected chi connectivity index (χ4v) is 7.55. The average molecular weight is 419 g/mol. The van der Waals surface area contributed by atoms with Crippen molar-refractivity contribution in [1.29, 1.82) is 0 Å². The van der Waals surface area contributed by atoms with Crippen molar-refractivity contribution in [2.75, 3.05) is 5.32 Å². The number of nitrogens with zero attached hydrogens (tertiary/aromatic N) is 1. The molecule has 8 rings (SSSR count). The number of para-hydroxylation sites is 1. The van der Waals surface area contributed by atoms with E-state index in [1.807, 2.05) is 0 Å². The summed E-state index contributed by atoms with van der Waals surface area (Å²) >= 11 is 0. The van der Waals surface area contributed by atoms with Gasteiger partial charge in [0.1, 0.15) is 0 Å². The molecule has 4 aliphatic carbocycles. The van der Waals surface area contributed by atoms with E-state index in [9.17, 15) is 0 Å². The van der Waals surface area contributed by atoms with Gasteiger partial charge in [0, 0.05) is 23.3 Å². The Labute approximate surface area is 190 Å². The predicted octanol–water partition coefficient (Wildman–Crippen LogP) is 7.84. The minimum atomic E-state index is 0.481. The lowest BCUT2D eigenvalue weighted by Crippen LogP contribution is -2.48. The van der Waals surface area contributed by atoms with Crippen LogP contribution in [0.4, 0.5) is 11.4 Å². The lowest BCUT2D eigenvalue weighted by Gasteiger charge is -2.57. The smallest absolute Gasteiger partial charge is 0.0528 e. The Balaban J connectivity index is 1.10. The van der Waals surface area contributed by atoms with E-state index in [1.54, 1.807) is 5.56 Å². The largest absolute Gasteiger partial charge is 0.356 e. The van der Waals surface area contributed by atoms with Crippen LogP contribution in [0.3, 0.4) is 0 Å². The topological polar surface area (TPSA) is 17.0 Å². The zero-order chi connectivity index (χ0) is 21.1. The molecule has 1 aromatic heterocycles. The Hall–Kier alpha value is -3.00. The molecule has 1 heterocycles. The van der Waals surface area contributed by atoms with Crippen molar-refractivity contribution in [2.45, 2.75) is 43.9 Å². The summed E-state index contributed by atoms with van der Waals surface area (Å²) < 4.78 is 2.25. The van der Waals surface area contributed by atoms with E-state index in [4.69, 9.17) is 0 Å². The Bertz CT molecular complexity index is 1230. The minimum absolute atomic E-state index is 0.481. The monoisotopic (exact) mass is 418 g/mol. The van der Waals surface area contributed by atoms with Crippen LogP contribution in [0, 0.1) is 17.8 Å². The number of fused-ring (bicyclic) bond motifs is 1. The number of nitrogens with one attached hydrogen (secondary N) is 1. The number of aromatic nitrogens is 1. The third-order valence-corrected chi connectivity index (χ3v) is 8.57. The van der Waals surface area contributed by atoms with Crippen LogP contribution in [0.5, 0.6) is 0 Å². The lowest BCUT2D eigenvalue weighted by atomic mass is 9.48. The van der Waals surface area contributed by atoms with Crippen LogP contribution in [0.15, 0.2) is 85.1 Å². The fourth-order valence-electron chi connectivity index (χ4n) is 7.55. The molecule has 160 valence electrons. The van der Waals surface area contributed by atoms with Gasteiger partial charge in [-0.3, -0.25) is 0 Å². The van der Waals surface area contributed by atoms with Crippen LogP contribution in [0.25, 0.3) is 16.6 Å². The van der Waals surface area contributed by atoms with Crippen LogP contribution in [-0.4, -0.2) is 4.57 Å². The summed E-state index contributed by atoms with van der Waals surface area (Å²) in [5, 5.41) is 4.88. The second-order valence-electron chi connectivity index (χ2n) is 10.7. The molecule has 0 atom stereocenters. The molecule has 4 aliphatic rings. The van der Waals surface area contributed by atoms with Gasteiger partial charge in [0.05, 0.1) is 5.52 Å². The summed E-state index contributed by atoms with van der Waals surface area (Å²) in [5.74, 6) is 2.99. The quantitative estimate of drug-likeness (QED) is 0.357. The second-order valence-corrected chi connectivity index (χ2v) is 10.7. The summed E-state index contributed by atoms with van der Waals surface area (Å²) in [6, 6.07) is 28.9. The van der Waals surface area contributed by atoms with Gasteiger partial charge in [0.15, 0.2) is 0 Å². The van der Waals surface area contributed by atoms with Crippen molar-refractivity contribution in [3.63, 3.8) is 0 Å². The SMILES string of the molecule is c1ccc2c(c1)ccn2-c1ccc(Nc2ccc(C34CC5CC(CC(C5)C3)C4)cc2)cc1. The highest BCUT2D eigenvalue weighted by atomic mass is 15.0. The van der Waals surface area contributed by atoms with Crippen molar-refractivity contribution in [3.8, 4) is 5.69 Å². The Kier molecular flexibility index (Phi) is 4.06. The van der Waals surface area contributed by atoms with Gasteiger partial charge < -0.3 is 9.88 Å². The molecule has 0 aliphatic heterocycles. The van der Waals surface area contributed by atoms with Gasteiger partial charge in [-0.1, -0.05) is 30.3 Å². The number of hydrogen-bond acceptors (Lipinski definition) is 1. The zero-order valence-corrected chi connectivity index (χ0v) is 18.5. The highest BCUT2D eigenvalue weighted by molar-refractivity contribution is 5.82. The summed E-state index contributed by atoms with van der Waals surface area (Å²) in [5.41, 5.74) is 6.82. The van der Waals surface area contributed by atoms with E-state index in [2.05, 4.69) is 94.9 Å². The minimum Gasteiger partial charge on any atom is -0.356 e. The summed E-state index contributed by atoms with van der Waals surface area (Å²) in [4.78, 5) is 0. The second kappa shape index (κ2) is 7.00. The molecule has 4 saturated carbocycles. The van der Waals surface area contributed by atoms with Gasteiger partial charge in [0.25, 0.3) is 0 Å². The normalized spacial score (nSPS) is 28.3. The highest BCUT2D eigenvalue weighted by Gasteiger charge is 2.51. The van der Waals surface area contributed by atoms with Crippen LogP contribution >= 0.6 is 0 Å². The standard InChI is InChI=1S/C30H30N2/c1-2-4-29-24(3-1)13-14-32(29)28-11-9-27(10-12-28)31-26-7-5-25(6-8-26)30-18-21-15-22(19-30)17-23(16-21)20-30/h1-14,21-23,31H,15-20H2. The maximum Gasteiger partial charge on any atom is 0.0528 e. The van der Waals surface area contributed by atoms with Gasteiger partial charge >= 0.3 is 0 Å². The molecule has 1 N–H and O–H groups in total. The van der Waals surface area contributed by atoms with Gasteiger partial charge in [-0.2, -0.15) is 0 Å². The highest BCUT2D eigenvalue weighted by Crippen LogP contribution is 2.60.